The van der Waals surface area contributed by atoms with Crippen molar-refractivity contribution < 1.29 is 14.6 Å². The fourth-order valence-electron chi connectivity index (χ4n) is 4.10. The number of nitrogens with one attached hydrogen (secondary N) is 1. The van der Waals surface area contributed by atoms with Crippen molar-refractivity contribution in [2.75, 3.05) is 12.4 Å². The highest BCUT2D eigenvalue weighted by Crippen LogP contribution is 2.36. The van der Waals surface area contributed by atoms with Crippen molar-refractivity contribution in [2.24, 2.45) is 0 Å². The zero-order chi connectivity index (χ0) is 23.5. The molecule has 0 amide bonds. The molecular weight excluding hydrogens is 416 g/mol. The van der Waals surface area contributed by atoms with E-state index in [4.69, 9.17) is 9.72 Å². The molecule has 172 valence electrons. The summed E-state index contributed by atoms with van der Waals surface area (Å²) in [6, 6.07) is 12.3. The summed E-state index contributed by atoms with van der Waals surface area (Å²) in [6.45, 7) is 6.27. The number of carbonyl (C=O) groups is 1. The molecule has 0 aliphatic carbocycles. The third kappa shape index (κ3) is 4.98. The molecule has 1 saturated heterocycles. The zero-order valence-corrected chi connectivity index (χ0v) is 19.4. The molecule has 2 N–H and O–H groups in total. The summed E-state index contributed by atoms with van der Waals surface area (Å²) >= 11 is 0. The molecule has 7 nitrogen and oxygen atoms in total. The monoisotopic (exact) mass is 446 g/mol. The van der Waals surface area contributed by atoms with Crippen molar-refractivity contribution in [2.45, 2.75) is 51.7 Å². The number of carbonyl (C=O) groups excluding carboxylic acids is 1. The summed E-state index contributed by atoms with van der Waals surface area (Å²) in [6.07, 6.45) is 4.79. The number of aliphatic hydroxyl groups excluding tert-OH is 1. The van der Waals surface area contributed by atoms with Crippen LogP contribution in [0.4, 0.5) is 5.82 Å². The summed E-state index contributed by atoms with van der Waals surface area (Å²) in [5.41, 5.74) is 4.95. The molecule has 0 bridgehead atoms. The summed E-state index contributed by atoms with van der Waals surface area (Å²) in [5, 5.41) is 13.1. The SMILES string of the molecule is CNc1cc(-c2nc(C(C)C)n(/C=C/C3CC(O)CC(=O)O3)c2-c2cccc(C)c2)ccn1. The number of hydrogen-bond acceptors (Lipinski definition) is 6. The van der Waals surface area contributed by atoms with Gasteiger partial charge in [0, 0.05) is 42.9 Å². The Labute approximate surface area is 194 Å². The van der Waals surface area contributed by atoms with Gasteiger partial charge in [-0.25, -0.2) is 9.97 Å². The number of aliphatic hydroxyl groups is 1. The third-order valence-corrected chi connectivity index (χ3v) is 5.68. The van der Waals surface area contributed by atoms with Gasteiger partial charge in [0.1, 0.15) is 17.7 Å². The topological polar surface area (TPSA) is 89.3 Å². The Bertz CT molecular complexity index is 1180. The number of aromatic nitrogens is 3. The van der Waals surface area contributed by atoms with Gasteiger partial charge in [-0.1, -0.05) is 37.6 Å². The first-order valence-corrected chi connectivity index (χ1v) is 11.2. The van der Waals surface area contributed by atoms with Crippen LogP contribution in [0.2, 0.25) is 0 Å². The molecule has 2 aromatic heterocycles. The Morgan fingerprint density at radius 3 is 2.76 bits per heavy atom. The summed E-state index contributed by atoms with van der Waals surface area (Å²) < 4.78 is 7.50. The maximum atomic E-state index is 11.8. The summed E-state index contributed by atoms with van der Waals surface area (Å²) in [5.74, 6) is 1.43. The molecule has 0 radical (unpaired) electrons. The molecule has 1 fully saturated rings. The fourth-order valence-corrected chi connectivity index (χ4v) is 4.10. The van der Waals surface area contributed by atoms with E-state index in [1.165, 1.54) is 0 Å². The second kappa shape index (κ2) is 9.58. The van der Waals surface area contributed by atoms with E-state index in [-0.39, 0.29) is 18.3 Å². The van der Waals surface area contributed by atoms with Crippen LogP contribution in [0.15, 0.2) is 48.7 Å². The Hall–Kier alpha value is -3.45. The van der Waals surface area contributed by atoms with Crippen molar-refractivity contribution in [1.82, 2.24) is 14.5 Å². The van der Waals surface area contributed by atoms with Gasteiger partial charge in [0.25, 0.3) is 0 Å². The number of esters is 1. The highest BCUT2D eigenvalue weighted by molar-refractivity contribution is 5.82. The van der Waals surface area contributed by atoms with Crippen LogP contribution in [0.25, 0.3) is 28.7 Å². The minimum Gasteiger partial charge on any atom is -0.458 e. The molecule has 0 spiro atoms. The molecule has 1 aliphatic rings. The highest BCUT2D eigenvalue weighted by atomic mass is 16.5. The molecule has 2 unspecified atom stereocenters. The van der Waals surface area contributed by atoms with Gasteiger partial charge < -0.3 is 19.7 Å². The molecule has 3 heterocycles. The number of benzene rings is 1. The minimum absolute atomic E-state index is 0.0428. The number of aryl methyl sites for hydroxylation is 1. The van der Waals surface area contributed by atoms with Gasteiger partial charge in [0.15, 0.2) is 0 Å². The average molecular weight is 447 g/mol. The lowest BCUT2D eigenvalue weighted by atomic mass is 10.0. The van der Waals surface area contributed by atoms with Gasteiger partial charge in [-0.05, 0) is 31.2 Å². The van der Waals surface area contributed by atoms with E-state index in [1.807, 2.05) is 37.5 Å². The lowest BCUT2D eigenvalue weighted by Gasteiger charge is -2.23. The van der Waals surface area contributed by atoms with Crippen LogP contribution in [0.3, 0.4) is 0 Å². The van der Waals surface area contributed by atoms with Crippen LogP contribution >= 0.6 is 0 Å². The first-order chi connectivity index (χ1) is 15.9. The molecular formula is C26H30N4O3. The average Bonchev–Trinajstić information content (AvgIpc) is 3.17. The van der Waals surface area contributed by atoms with Gasteiger partial charge >= 0.3 is 5.97 Å². The predicted octanol–water partition coefficient (Wildman–Crippen LogP) is 4.62. The molecule has 1 aromatic carbocycles. The Kier molecular flexibility index (Phi) is 6.60. The van der Waals surface area contributed by atoms with Gasteiger partial charge in [0.2, 0.25) is 0 Å². The molecule has 1 aliphatic heterocycles. The van der Waals surface area contributed by atoms with E-state index in [1.54, 1.807) is 6.20 Å². The molecule has 0 saturated carbocycles. The summed E-state index contributed by atoms with van der Waals surface area (Å²) in [4.78, 5) is 21.2. The van der Waals surface area contributed by atoms with Crippen molar-refractivity contribution in [3.8, 4) is 22.5 Å². The number of ether oxygens (including phenoxy) is 1. The molecule has 2 atom stereocenters. The number of hydrogen-bond donors (Lipinski definition) is 2. The number of nitrogens with zero attached hydrogens (tertiary/aromatic N) is 3. The van der Waals surface area contributed by atoms with Crippen LogP contribution in [0.1, 0.15) is 44.0 Å². The molecule has 4 rings (SSSR count). The fraction of sp³-hybridized carbons (Fsp3) is 0.346. The summed E-state index contributed by atoms with van der Waals surface area (Å²) in [7, 11) is 1.84. The Morgan fingerprint density at radius 2 is 2.06 bits per heavy atom. The smallest absolute Gasteiger partial charge is 0.309 e. The van der Waals surface area contributed by atoms with Gasteiger partial charge in [-0.15, -0.1) is 0 Å². The first-order valence-electron chi connectivity index (χ1n) is 11.2. The number of rotatable bonds is 6. The maximum Gasteiger partial charge on any atom is 0.309 e. The second-order valence-corrected chi connectivity index (χ2v) is 8.70. The number of anilines is 1. The van der Waals surface area contributed by atoms with Crippen LogP contribution in [0.5, 0.6) is 0 Å². The Balaban J connectivity index is 1.89. The lowest BCUT2D eigenvalue weighted by molar-refractivity contribution is -0.156. The van der Waals surface area contributed by atoms with E-state index in [0.29, 0.717) is 6.42 Å². The normalized spacial score (nSPS) is 18.7. The number of cyclic esters (lactones) is 1. The standard InChI is InChI=1S/C26H30N4O3/c1-16(2)26-29-24(18-8-10-28-22(13-18)27-4)25(19-7-5-6-17(3)12-19)30(26)11-9-21-14-20(31)15-23(32)33-21/h5-13,16,20-21,31H,14-15H2,1-4H3,(H,27,28)/b11-9+. The van der Waals surface area contributed by atoms with Crippen LogP contribution in [-0.4, -0.2) is 44.9 Å². The van der Waals surface area contributed by atoms with Crippen molar-refractivity contribution in [3.05, 3.63) is 60.1 Å². The van der Waals surface area contributed by atoms with E-state index >= 15 is 0 Å². The largest absolute Gasteiger partial charge is 0.458 e. The first kappa shape index (κ1) is 22.7. The quantitative estimate of drug-likeness (QED) is 0.537. The second-order valence-electron chi connectivity index (χ2n) is 8.70. The third-order valence-electron chi connectivity index (χ3n) is 5.68. The van der Waals surface area contributed by atoms with Gasteiger partial charge in [-0.2, -0.15) is 0 Å². The van der Waals surface area contributed by atoms with Crippen molar-refractivity contribution in [1.29, 1.82) is 0 Å². The molecule has 7 heteroatoms. The Morgan fingerprint density at radius 1 is 1.24 bits per heavy atom. The number of pyridine rings is 1. The zero-order valence-electron chi connectivity index (χ0n) is 19.4. The van der Waals surface area contributed by atoms with E-state index in [2.05, 4.69) is 53.8 Å². The number of imidazole rings is 1. The van der Waals surface area contributed by atoms with Crippen LogP contribution in [0, 0.1) is 6.92 Å². The van der Waals surface area contributed by atoms with Crippen molar-refractivity contribution >= 4 is 18.0 Å². The lowest BCUT2D eigenvalue weighted by Crippen LogP contribution is -2.31. The van der Waals surface area contributed by atoms with Crippen molar-refractivity contribution in [3.63, 3.8) is 0 Å². The highest BCUT2D eigenvalue weighted by Gasteiger charge is 2.26. The van der Waals surface area contributed by atoms with E-state index < -0.39 is 12.2 Å². The predicted molar refractivity (Wildman–Crippen MR) is 130 cm³/mol. The minimum atomic E-state index is -0.683. The molecule has 33 heavy (non-hydrogen) atoms. The maximum absolute atomic E-state index is 11.8. The van der Waals surface area contributed by atoms with Crippen LogP contribution in [-0.2, 0) is 9.53 Å². The van der Waals surface area contributed by atoms with Crippen LogP contribution < -0.4 is 5.32 Å². The molecule has 3 aromatic rings. The van der Waals surface area contributed by atoms with Gasteiger partial charge in [0.05, 0.1) is 23.9 Å². The van der Waals surface area contributed by atoms with E-state index in [0.717, 1.165) is 39.7 Å². The van der Waals surface area contributed by atoms with E-state index in [9.17, 15) is 9.90 Å². The van der Waals surface area contributed by atoms with Gasteiger partial charge in [-0.3, -0.25) is 4.79 Å².